The highest BCUT2D eigenvalue weighted by Gasteiger charge is 2.27. The van der Waals surface area contributed by atoms with Crippen LogP contribution in [-0.4, -0.2) is 58.1 Å². The molecule has 10 heteroatoms. The zero-order valence-electron chi connectivity index (χ0n) is 19.2. The first kappa shape index (κ1) is 26.1. The van der Waals surface area contributed by atoms with E-state index in [9.17, 15) is 22.4 Å². The summed E-state index contributed by atoms with van der Waals surface area (Å²) in [6.45, 7) is 1.52. The number of carbonyl (C=O) groups excluding carboxylic acids is 2. The summed E-state index contributed by atoms with van der Waals surface area (Å²) in [7, 11) is -0.734. The lowest BCUT2D eigenvalue weighted by Gasteiger charge is -2.29. The van der Waals surface area contributed by atoms with Crippen molar-refractivity contribution in [3.05, 3.63) is 59.9 Å². The molecule has 0 aliphatic carbocycles. The fourth-order valence-corrected chi connectivity index (χ4v) is 4.39. The predicted molar refractivity (Wildman–Crippen MR) is 125 cm³/mol. The Hall–Kier alpha value is -3.14. The van der Waals surface area contributed by atoms with Crippen molar-refractivity contribution in [2.24, 2.45) is 0 Å². The number of likely N-dealkylation sites (N-methyl/N-ethyl adjacent to an activating group) is 1. The molecule has 0 bridgehead atoms. The number of nitrogens with one attached hydrogen (secondary N) is 1. The van der Waals surface area contributed by atoms with Gasteiger partial charge in [0.05, 0.1) is 19.1 Å². The summed E-state index contributed by atoms with van der Waals surface area (Å²) >= 11 is 0. The van der Waals surface area contributed by atoms with Crippen LogP contribution in [0.1, 0.15) is 25.3 Å². The standard InChI is InChI=1S/C23H30FN3O5S/c1-17(23(29)25-2)26(16-18-10-5-6-11-19(18)24)22(28)14-9-15-27(33(4,30)31)20-12-7-8-13-21(20)32-3/h5-8,10-13,17H,9,14-16H2,1-4H3,(H,25,29)/t17-/m1/s1. The van der Waals surface area contributed by atoms with Crippen LogP contribution in [0.3, 0.4) is 0 Å². The molecule has 2 aromatic rings. The fraction of sp³-hybridized carbons (Fsp3) is 0.391. The van der Waals surface area contributed by atoms with Crippen molar-refractivity contribution in [3.63, 3.8) is 0 Å². The molecule has 0 radical (unpaired) electrons. The predicted octanol–water partition coefficient (Wildman–Crippen LogP) is 2.54. The fourth-order valence-electron chi connectivity index (χ4n) is 3.42. The van der Waals surface area contributed by atoms with Crippen molar-refractivity contribution in [1.82, 2.24) is 10.2 Å². The third-order valence-electron chi connectivity index (χ3n) is 5.22. The second kappa shape index (κ2) is 11.6. The van der Waals surface area contributed by atoms with Crippen LogP contribution >= 0.6 is 0 Å². The molecule has 0 saturated carbocycles. The minimum Gasteiger partial charge on any atom is -0.495 e. The first-order valence-electron chi connectivity index (χ1n) is 10.4. The van der Waals surface area contributed by atoms with Crippen LogP contribution in [0.4, 0.5) is 10.1 Å². The Balaban J connectivity index is 2.19. The average molecular weight is 480 g/mol. The van der Waals surface area contributed by atoms with E-state index in [1.54, 1.807) is 49.4 Å². The van der Waals surface area contributed by atoms with Gasteiger partial charge in [0.15, 0.2) is 0 Å². The van der Waals surface area contributed by atoms with Crippen LogP contribution in [0.5, 0.6) is 5.75 Å². The van der Waals surface area contributed by atoms with Crippen LogP contribution in [0.25, 0.3) is 0 Å². The molecule has 8 nitrogen and oxygen atoms in total. The number of sulfonamides is 1. The Labute approximate surface area is 194 Å². The molecule has 33 heavy (non-hydrogen) atoms. The number of rotatable bonds is 11. The van der Waals surface area contributed by atoms with Crippen LogP contribution in [0.15, 0.2) is 48.5 Å². The molecule has 0 aliphatic heterocycles. The van der Waals surface area contributed by atoms with E-state index in [0.717, 1.165) is 6.26 Å². The maximum absolute atomic E-state index is 14.2. The Morgan fingerprint density at radius 3 is 2.36 bits per heavy atom. The highest BCUT2D eigenvalue weighted by molar-refractivity contribution is 7.92. The molecule has 0 aromatic heterocycles. The first-order valence-corrected chi connectivity index (χ1v) is 12.3. The molecule has 1 atom stereocenters. The summed E-state index contributed by atoms with van der Waals surface area (Å²) in [6, 6.07) is 11.9. The van der Waals surface area contributed by atoms with Crippen LogP contribution in [-0.2, 0) is 26.2 Å². The van der Waals surface area contributed by atoms with Gasteiger partial charge in [0.1, 0.15) is 17.6 Å². The molecule has 0 spiro atoms. The highest BCUT2D eigenvalue weighted by atomic mass is 32.2. The molecular weight excluding hydrogens is 449 g/mol. The molecule has 2 amide bonds. The van der Waals surface area contributed by atoms with Gasteiger partial charge >= 0.3 is 0 Å². The Kier molecular flexibility index (Phi) is 9.22. The zero-order chi connectivity index (χ0) is 24.6. The Bertz CT molecular complexity index is 1080. The zero-order valence-corrected chi connectivity index (χ0v) is 20.1. The second-order valence-electron chi connectivity index (χ2n) is 7.51. The first-order chi connectivity index (χ1) is 15.6. The topological polar surface area (TPSA) is 96.0 Å². The normalized spacial score (nSPS) is 12.0. The van der Waals surface area contributed by atoms with Gasteiger partial charge in [-0.3, -0.25) is 13.9 Å². The summed E-state index contributed by atoms with van der Waals surface area (Å²) in [6.07, 6.45) is 1.24. The van der Waals surface area contributed by atoms with Gasteiger partial charge in [0, 0.05) is 32.1 Å². The number of hydrogen-bond donors (Lipinski definition) is 1. The molecular formula is C23H30FN3O5S. The number of ether oxygens (including phenoxy) is 1. The third kappa shape index (κ3) is 6.92. The Morgan fingerprint density at radius 1 is 1.12 bits per heavy atom. The summed E-state index contributed by atoms with van der Waals surface area (Å²) in [4.78, 5) is 26.5. The van der Waals surface area contributed by atoms with Crippen LogP contribution in [0.2, 0.25) is 0 Å². The molecule has 0 unspecified atom stereocenters. The second-order valence-corrected chi connectivity index (χ2v) is 9.42. The lowest BCUT2D eigenvalue weighted by Crippen LogP contribution is -2.47. The average Bonchev–Trinajstić information content (AvgIpc) is 2.79. The summed E-state index contributed by atoms with van der Waals surface area (Å²) in [5, 5.41) is 2.50. The van der Waals surface area contributed by atoms with Crippen molar-refractivity contribution < 1.29 is 27.1 Å². The van der Waals surface area contributed by atoms with Crippen molar-refractivity contribution in [2.45, 2.75) is 32.4 Å². The molecule has 0 fully saturated rings. The van der Waals surface area contributed by atoms with Gasteiger partial charge in [-0.1, -0.05) is 30.3 Å². The van der Waals surface area contributed by atoms with Gasteiger partial charge in [-0.2, -0.15) is 0 Å². The van der Waals surface area contributed by atoms with Gasteiger partial charge in [-0.05, 0) is 31.5 Å². The quantitative estimate of drug-likeness (QED) is 0.534. The number of halogens is 1. The SMILES string of the molecule is CNC(=O)[C@@H](C)N(Cc1ccccc1F)C(=O)CCCN(c1ccccc1OC)S(C)(=O)=O. The van der Waals surface area contributed by atoms with E-state index < -0.39 is 21.9 Å². The van der Waals surface area contributed by atoms with Gasteiger partial charge < -0.3 is 15.0 Å². The van der Waals surface area contributed by atoms with Crippen LogP contribution < -0.4 is 14.4 Å². The summed E-state index contributed by atoms with van der Waals surface area (Å²) in [5.74, 6) is -0.850. The minimum atomic E-state index is -3.64. The number of nitrogens with zero attached hydrogens (tertiary/aromatic N) is 2. The van der Waals surface area contributed by atoms with Gasteiger partial charge in [-0.15, -0.1) is 0 Å². The van der Waals surface area contributed by atoms with Crippen molar-refractivity contribution >= 4 is 27.5 Å². The van der Waals surface area contributed by atoms with E-state index in [0.29, 0.717) is 11.4 Å². The largest absolute Gasteiger partial charge is 0.495 e. The number of amides is 2. The maximum atomic E-state index is 14.2. The number of carbonyl (C=O) groups is 2. The molecule has 0 saturated heterocycles. The molecule has 2 aromatic carbocycles. The molecule has 0 aliphatic rings. The van der Waals surface area contributed by atoms with E-state index >= 15 is 0 Å². The van der Waals surface area contributed by atoms with Crippen LogP contribution in [0, 0.1) is 5.82 Å². The minimum absolute atomic E-state index is 0.0308. The van der Waals surface area contributed by atoms with Gasteiger partial charge in [0.25, 0.3) is 0 Å². The molecule has 2 rings (SSSR count). The number of benzene rings is 2. The van der Waals surface area contributed by atoms with E-state index in [-0.39, 0.29) is 43.3 Å². The molecule has 1 N–H and O–H groups in total. The van der Waals surface area contributed by atoms with Crippen molar-refractivity contribution in [1.29, 1.82) is 0 Å². The van der Waals surface area contributed by atoms with E-state index in [1.165, 1.54) is 29.4 Å². The third-order valence-corrected chi connectivity index (χ3v) is 6.40. The Morgan fingerprint density at radius 2 is 1.76 bits per heavy atom. The summed E-state index contributed by atoms with van der Waals surface area (Å²) < 4.78 is 45.5. The van der Waals surface area contributed by atoms with E-state index in [1.807, 2.05) is 0 Å². The van der Waals surface area contributed by atoms with Crippen molar-refractivity contribution in [3.8, 4) is 5.75 Å². The molecule has 180 valence electrons. The van der Waals surface area contributed by atoms with Gasteiger partial charge in [0.2, 0.25) is 21.8 Å². The lowest BCUT2D eigenvalue weighted by atomic mass is 10.1. The molecule has 0 heterocycles. The number of hydrogen-bond acceptors (Lipinski definition) is 5. The van der Waals surface area contributed by atoms with Gasteiger partial charge in [-0.25, -0.2) is 12.8 Å². The number of methoxy groups -OCH3 is 1. The van der Waals surface area contributed by atoms with E-state index in [2.05, 4.69) is 5.32 Å². The summed E-state index contributed by atoms with van der Waals surface area (Å²) in [5.41, 5.74) is 0.658. The maximum Gasteiger partial charge on any atom is 0.242 e. The highest BCUT2D eigenvalue weighted by Crippen LogP contribution is 2.29. The number of para-hydroxylation sites is 2. The number of anilines is 1. The lowest BCUT2D eigenvalue weighted by molar-refractivity contribution is -0.140. The van der Waals surface area contributed by atoms with E-state index in [4.69, 9.17) is 4.74 Å². The van der Waals surface area contributed by atoms with Crippen molar-refractivity contribution in [2.75, 3.05) is 31.3 Å². The monoisotopic (exact) mass is 479 g/mol. The smallest absolute Gasteiger partial charge is 0.242 e.